The fourth-order valence-corrected chi connectivity index (χ4v) is 4.42. The number of carbonyl (C=O) groups excluding carboxylic acids is 2. The number of thioether (sulfide) groups is 1. The summed E-state index contributed by atoms with van der Waals surface area (Å²) in [6.45, 7) is 10.1. The topological polar surface area (TPSA) is 49.4 Å². The molecule has 0 radical (unpaired) electrons. The Bertz CT molecular complexity index is 880. The Morgan fingerprint density at radius 3 is 2.47 bits per heavy atom. The Morgan fingerprint density at radius 1 is 1.13 bits per heavy atom. The number of hydrogen-bond acceptors (Lipinski definition) is 3. The number of nitrogens with one attached hydrogen (secondary N) is 1. The lowest BCUT2D eigenvalue weighted by Gasteiger charge is -2.31. The maximum absolute atomic E-state index is 13.1. The Labute approximate surface area is 192 Å². The minimum atomic E-state index is -0.560. The molecule has 0 aliphatic carbocycles. The van der Waals surface area contributed by atoms with E-state index in [1.807, 2.05) is 57.2 Å². The number of nitrogens with zero attached hydrogens (tertiary/aromatic N) is 1. The van der Waals surface area contributed by atoms with E-state index in [2.05, 4.69) is 40.3 Å². The van der Waals surface area contributed by atoms with E-state index in [1.54, 1.807) is 23.6 Å². The standard InChI is InChI=1S/C24H31BrN2O2S/c1-17-9-6-7-11-20(17)15-30-16-22(28)27(14-19-10-8-12-21(25)13-19)18(2)23(29)26-24(3,4)5/h6-13,18H,14-16H2,1-5H3,(H,26,29)/t18-/m1/s1. The fraction of sp³-hybridized carbons (Fsp3) is 0.417. The van der Waals surface area contributed by atoms with Crippen LogP contribution in [0.5, 0.6) is 0 Å². The van der Waals surface area contributed by atoms with Crippen LogP contribution < -0.4 is 5.32 Å². The molecule has 30 heavy (non-hydrogen) atoms. The second-order valence-electron chi connectivity index (χ2n) is 8.49. The van der Waals surface area contributed by atoms with Crippen molar-refractivity contribution in [1.29, 1.82) is 0 Å². The lowest BCUT2D eigenvalue weighted by atomic mass is 10.1. The van der Waals surface area contributed by atoms with Gasteiger partial charge >= 0.3 is 0 Å². The van der Waals surface area contributed by atoms with Gasteiger partial charge in [-0.2, -0.15) is 0 Å². The molecule has 162 valence electrons. The lowest BCUT2D eigenvalue weighted by Crippen LogP contribution is -2.52. The minimum Gasteiger partial charge on any atom is -0.350 e. The van der Waals surface area contributed by atoms with Gasteiger partial charge in [-0.3, -0.25) is 9.59 Å². The lowest BCUT2D eigenvalue weighted by molar-refractivity contribution is -0.139. The molecule has 0 fully saturated rings. The second-order valence-corrected chi connectivity index (χ2v) is 10.4. The van der Waals surface area contributed by atoms with Crippen molar-refractivity contribution in [2.75, 3.05) is 5.75 Å². The summed E-state index contributed by atoms with van der Waals surface area (Å²) in [6, 6.07) is 15.5. The summed E-state index contributed by atoms with van der Waals surface area (Å²) in [5.41, 5.74) is 3.08. The average molecular weight is 491 g/mol. The molecule has 1 N–H and O–H groups in total. The molecule has 0 unspecified atom stereocenters. The van der Waals surface area contributed by atoms with Crippen LogP contribution >= 0.6 is 27.7 Å². The third kappa shape index (κ3) is 7.80. The van der Waals surface area contributed by atoms with E-state index in [4.69, 9.17) is 0 Å². The highest BCUT2D eigenvalue weighted by molar-refractivity contribution is 9.10. The molecule has 0 bridgehead atoms. The van der Waals surface area contributed by atoms with Gasteiger partial charge in [0.05, 0.1) is 5.75 Å². The van der Waals surface area contributed by atoms with Crippen LogP contribution in [-0.4, -0.2) is 34.0 Å². The van der Waals surface area contributed by atoms with Crippen LogP contribution in [0.1, 0.15) is 44.4 Å². The summed E-state index contributed by atoms with van der Waals surface area (Å²) >= 11 is 5.06. The van der Waals surface area contributed by atoms with Gasteiger partial charge in [0.1, 0.15) is 6.04 Å². The SMILES string of the molecule is Cc1ccccc1CSCC(=O)N(Cc1cccc(Br)c1)[C@H](C)C(=O)NC(C)(C)C. The summed E-state index contributed by atoms with van der Waals surface area (Å²) in [5, 5.41) is 2.99. The summed E-state index contributed by atoms with van der Waals surface area (Å²) in [6.07, 6.45) is 0. The van der Waals surface area contributed by atoms with Gasteiger partial charge in [0.15, 0.2) is 0 Å². The molecule has 4 nitrogen and oxygen atoms in total. The first kappa shape index (κ1) is 24.5. The van der Waals surface area contributed by atoms with E-state index in [1.165, 1.54) is 11.1 Å². The number of amides is 2. The molecule has 0 aromatic heterocycles. The smallest absolute Gasteiger partial charge is 0.242 e. The second kappa shape index (κ2) is 11.0. The molecular weight excluding hydrogens is 460 g/mol. The average Bonchev–Trinajstić information content (AvgIpc) is 2.65. The van der Waals surface area contributed by atoms with Gasteiger partial charge in [-0.15, -0.1) is 11.8 Å². The summed E-state index contributed by atoms with van der Waals surface area (Å²) in [4.78, 5) is 27.6. The summed E-state index contributed by atoms with van der Waals surface area (Å²) in [7, 11) is 0. The van der Waals surface area contributed by atoms with Crippen molar-refractivity contribution in [3.8, 4) is 0 Å². The molecule has 0 aliphatic heterocycles. The van der Waals surface area contributed by atoms with Gasteiger partial charge in [-0.25, -0.2) is 0 Å². The van der Waals surface area contributed by atoms with E-state index >= 15 is 0 Å². The predicted octanol–water partition coefficient (Wildman–Crippen LogP) is 5.32. The molecule has 0 saturated heterocycles. The van der Waals surface area contributed by atoms with Crippen molar-refractivity contribution in [2.24, 2.45) is 0 Å². The highest BCUT2D eigenvalue weighted by atomic mass is 79.9. The highest BCUT2D eigenvalue weighted by Crippen LogP contribution is 2.19. The predicted molar refractivity (Wildman–Crippen MR) is 129 cm³/mol. The molecule has 6 heteroatoms. The normalized spacial score (nSPS) is 12.3. The van der Waals surface area contributed by atoms with Crippen LogP contribution in [0.15, 0.2) is 53.0 Å². The molecule has 1 atom stereocenters. The van der Waals surface area contributed by atoms with Crippen molar-refractivity contribution in [3.63, 3.8) is 0 Å². The molecule has 2 amide bonds. The third-order valence-electron chi connectivity index (χ3n) is 4.65. The number of benzene rings is 2. The van der Waals surface area contributed by atoms with E-state index in [0.29, 0.717) is 12.3 Å². The van der Waals surface area contributed by atoms with Crippen molar-refractivity contribution >= 4 is 39.5 Å². The zero-order chi connectivity index (χ0) is 22.3. The first-order valence-corrected chi connectivity index (χ1v) is 12.0. The first-order valence-electron chi connectivity index (χ1n) is 10.0. The Hall–Kier alpha value is -1.79. The van der Waals surface area contributed by atoms with Crippen LogP contribution in [0.2, 0.25) is 0 Å². The van der Waals surface area contributed by atoms with Crippen LogP contribution in [0, 0.1) is 6.92 Å². The van der Waals surface area contributed by atoms with E-state index in [-0.39, 0.29) is 17.4 Å². The van der Waals surface area contributed by atoms with Gasteiger partial charge in [-0.05, 0) is 63.4 Å². The highest BCUT2D eigenvalue weighted by Gasteiger charge is 2.28. The first-order chi connectivity index (χ1) is 14.1. The van der Waals surface area contributed by atoms with Gasteiger partial charge < -0.3 is 10.2 Å². The molecule has 0 heterocycles. The molecule has 2 rings (SSSR count). The van der Waals surface area contributed by atoms with Crippen molar-refractivity contribution < 1.29 is 9.59 Å². The van der Waals surface area contributed by atoms with Gasteiger partial charge in [0.25, 0.3) is 0 Å². The maximum Gasteiger partial charge on any atom is 0.242 e. The Balaban J connectivity index is 2.11. The van der Waals surface area contributed by atoms with E-state index < -0.39 is 6.04 Å². The summed E-state index contributed by atoms with van der Waals surface area (Å²) < 4.78 is 0.952. The van der Waals surface area contributed by atoms with Crippen LogP contribution in [0.3, 0.4) is 0 Å². The number of rotatable bonds is 8. The third-order valence-corrected chi connectivity index (χ3v) is 6.11. The van der Waals surface area contributed by atoms with Gasteiger partial charge in [0.2, 0.25) is 11.8 Å². The number of aryl methyl sites for hydroxylation is 1. The van der Waals surface area contributed by atoms with Crippen molar-refractivity contribution in [1.82, 2.24) is 10.2 Å². The summed E-state index contributed by atoms with van der Waals surface area (Å²) in [5.74, 6) is 0.918. The molecule has 0 spiro atoms. The largest absolute Gasteiger partial charge is 0.350 e. The van der Waals surface area contributed by atoms with Gasteiger partial charge in [0, 0.05) is 22.3 Å². The molecule has 0 saturated carbocycles. The molecule has 0 aliphatic rings. The number of halogens is 1. The fourth-order valence-electron chi connectivity index (χ4n) is 2.99. The number of carbonyl (C=O) groups is 2. The van der Waals surface area contributed by atoms with Gasteiger partial charge in [-0.1, -0.05) is 52.3 Å². The van der Waals surface area contributed by atoms with E-state index in [0.717, 1.165) is 15.8 Å². The van der Waals surface area contributed by atoms with Crippen LogP contribution in [-0.2, 0) is 21.9 Å². The minimum absolute atomic E-state index is 0.0369. The van der Waals surface area contributed by atoms with Crippen molar-refractivity contribution in [2.45, 2.75) is 58.5 Å². The Kier molecular flexibility index (Phi) is 8.98. The Morgan fingerprint density at radius 2 is 1.83 bits per heavy atom. The maximum atomic E-state index is 13.1. The molecular formula is C24H31BrN2O2S. The zero-order valence-electron chi connectivity index (χ0n) is 18.4. The zero-order valence-corrected chi connectivity index (χ0v) is 20.8. The number of hydrogen-bond donors (Lipinski definition) is 1. The van der Waals surface area contributed by atoms with E-state index in [9.17, 15) is 9.59 Å². The van der Waals surface area contributed by atoms with Crippen molar-refractivity contribution in [3.05, 3.63) is 69.7 Å². The molecule has 2 aromatic carbocycles. The molecule has 2 aromatic rings. The van der Waals surface area contributed by atoms with Crippen LogP contribution in [0.4, 0.5) is 0 Å². The quantitative estimate of drug-likeness (QED) is 0.544. The van der Waals surface area contributed by atoms with Crippen LogP contribution in [0.25, 0.3) is 0 Å². The monoisotopic (exact) mass is 490 g/mol.